The predicted molar refractivity (Wildman–Crippen MR) is 138 cm³/mol. The molecule has 0 fully saturated rings. The van der Waals surface area contributed by atoms with Crippen LogP contribution in [0.5, 0.6) is 0 Å². The smallest absolute Gasteiger partial charge is 0.123 e. The first-order chi connectivity index (χ1) is 17.3. The van der Waals surface area contributed by atoms with E-state index in [9.17, 15) is 13.2 Å². The molecule has 0 aliphatic carbocycles. The Morgan fingerprint density at radius 1 is 0.361 bits per heavy atom. The average molecular weight is 475 g/mol. The van der Waals surface area contributed by atoms with Gasteiger partial charge < -0.3 is 0 Å². The van der Waals surface area contributed by atoms with Gasteiger partial charge in [0.25, 0.3) is 0 Å². The molecule has 4 aromatic carbocycles. The molecule has 0 saturated carbocycles. The van der Waals surface area contributed by atoms with E-state index < -0.39 is 0 Å². The van der Waals surface area contributed by atoms with E-state index in [0.717, 1.165) is 33.4 Å². The molecule has 36 heavy (non-hydrogen) atoms. The molecule has 0 bridgehead atoms. The van der Waals surface area contributed by atoms with E-state index in [2.05, 4.69) is 35.5 Å². The van der Waals surface area contributed by atoms with Crippen LogP contribution >= 0.6 is 0 Å². The van der Waals surface area contributed by atoms with Crippen molar-refractivity contribution in [3.8, 4) is 35.5 Å². The fourth-order valence-electron chi connectivity index (χ4n) is 3.78. The van der Waals surface area contributed by atoms with Crippen LogP contribution in [0.15, 0.2) is 72.8 Å². The molecular weight excluding hydrogens is 453 g/mol. The van der Waals surface area contributed by atoms with Gasteiger partial charge in [-0.3, -0.25) is 0 Å². The molecule has 0 nitrogen and oxygen atoms in total. The number of rotatable bonds is 0. The van der Waals surface area contributed by atoms with E-state index >= 15 is 0 Å². The summed E-state index contributed by atoms with van der Waals surface area (Å²) in [5, 5.41) is 0. The summed E-state index contributed by atoms with van der Waals surface area (Å²) in [5.74, 6) is 18.1. The standard InChI is InChI=1S/C33H21F3/c1-22-31(19-10-25-4-13-28(34)14-5-25)23(2)33(21-12-27-8-17-30(36)18-9-27)24(3)32(22)20-11-26-6-15-29(35)16-7-26/h4-9,13-18H,1-3H3. The Labute approximate surface area is 209 Å². The SMILES string of the molecule is Cc1c(C#Cc2ccc(F)cc2)c(C)c(C#Cc2ccc(F)cc2)c(C)c1C#Cc1ccc(F)cc1. The van der Waals surface area contributed by atoms with Crippen LogP contribution in [0, 0.1) is 73.7 Å². The van der Waals surface area contributed by atoms with Gasteiger partial charge in [-0.05, 0) is 110 Å². The van der Waals surface area contributed by atoms with E-state index in [1.807, 2.05) is 20.8 Å². The Kier molecular flexibility index (Phi) is 7.30. The van der Waals surface area contributed by atoms with E-state index in [4.69, 9.17) is 0 Å². The molecule has 0 saturated heterocycles. The van der Waals surface area contributed by atoms with E-state index in [1.165, 1.54) is 36.4 Å². The van der Waals surface area contributed by atoms with Crippen molar-refractivity contribution < 1.29 is 13.2 Å². The zero-order valence-electron chi connectivity index (χ0n) is 20.1. The maximum Gasteiger partial charge on any atom is 0.123 e. The molecule has 4 rings (SSSR count). The van der Waals surface area contributed by atoms with Gasteiger partial charge in [-0.25, -0.2) is 13.2 Å². The van der Waals surface area contributed by atoms with Crippen molar-refractivity contribution >= 4 is 0 Å². The average Bonchev–Trinajstić information content (AvgIpc) is 2.87. The zero-order chi connectivity index (χ0) is 25.7. The normalized spacial score (nSPS) is 9.83. The third kappa shape index (κ3) is 5.70. The molecule has 0 heterocycles. The highest BCUT2D eigenvalue weighted by molar-refractivity contribution is 5.67. The lowest BCUT2D eigenvalue weighted by Gasteiger charge is -2.14. The van der Waals surface area contributed by atoms with Crippen molar-refractivity contribution in [1.82, 2.24) is 0 Å². The lowest BCUT2D eigenvalue weighted by Crippen LogP contribution is -2.02. The van der Waals surface area contributed by atoms with E-state index in [1.54, 1.807) is 36.4 Å². The summed E-state index contributed by atoms with van der Waals surface area (Å²) in [5.41, 5.74) is 7.14. The van der Waals surface area contributed by atoms with E-state index in [-0.39, 0.29) is 17.5 Å². The van der Waals surface area contributed by atoms with Crippen molar-refractivity contribution in [3.05, 3.63) is 140 Å². The fourth-order valence-corrected chi connectivity index (χ4v) is 3.78. The Hall–Kier alpha value is -4.65. The van der Waals surface area contributed by atoms with Crippen LogP contribution in [0.25, 0.3) is 0 Å². The van der Waals surface area contributed by atoms with Crippen LogP contribution in [0.2, 0.25) is 0 Å². The van der Waals surface area contributed by atoms with Crippen LogP contribution in [-0.4, -0.2) is 0 Å². The lowest BCUT2D eigenvalue weighted by molar-refractivity contribution is 0.627. The van der Waals surface area contributed by atoms with Gasteiger partial charge in [-0.1, -0.05) is 35.5 Å². The molecule has 174 valence electrons. The Bertz CT molecular complexity index is 1390. The second-order valence-electron chi connectivity index (χ2n) is 8.27. The summed E-state index contributed by atoms with van der Waals surface area (Å²) in [7, 11) is 0. The summed E-state index contributed by atoms with van der Waals surface area (Å²) >= 11 is 0. The van der Waals surface area contributed by atoms with Gasteiger partial charge in [-0.15, -0.1) is 0 Å². The summed E-state index contributed by atoms with van der Waals surface area (Å²) < 4.78 is 39.9. The molecule has 3 heteroatoms. The van der Waals surface area contributed by atoms with Crippen molar-refractivity contribution in [1.29, 1.82) is 0 Å². The summed E-state index contributed by atoms with van der Waals surface area (Å²) in [6.45, 7) is 5.88. The molecule has 0 spiro atoms. The zero-order valence-corrected chi connectivity index (χ0v) is 20.1. The largest absolute Gasteiger partial charge is 0.207 e. The van der Waals surface area contributed by atoms with Crippen LogP contribution in [0.1, 0.15) is 50.1 Å². The molecule has 0 unspecified atom stereocenters. The third-order valence-corrected chi connectivity index (χ3v) is 5.78. The minimum Gasteiger partial charge on any atom is -0.207 e. The molecule has 4 aromatic rings. The second kappa shape index (κ2) is 10.7. The molecule has 0 aliphatic heterocycles. The molecule has 0 aliphatic rings. The van der Waals surface area contributed by atoms with E-state index in [0.29, 0.717) is 16.7 Å². The maximum absolute atomic E-state index is 13.3. The summed E-state index contributed by atoms with van der Waals surface area (Å²) in [4.78, 5) is 0. The monoisotopic (exact) mass is 474 g/mol. The van der Waals surface area contributed by atoms with Crippen LogP contribution in [-0.2, 0) is 0 Å². The first-order valence-corrected chi connectivity index (χ1v) is 11.3. The van der Waals surface area contributed by atoms with Gasteiger partial charge in [0.15, 0.2) is 0 Å². The van der Waals surface area contributed by atoms with Gasteiger partial charge in [0.1, 0.15) is 17.5 Å². The molecular formula is C33H21F3. The molecule has 0 N–H and O–H groups in total. The minimum atomic E-state index is -0.319. The van der Waals surface area contributed by atoms with Crippen LogP contribution < -0.4 is 0 Å². The van der Waals surface area contributed by atoms with Gasteiger partial charge >= 0.3 is 0 Å². The molecule has 0 amide bonds. The highest BCUT2D eigenvalue weighted by Gasteiger charge is 2.14. The predicted octanol–water partition coefficient (Wildman–Crippen LogP) is 7.23. The number of benzene rings is 4. The maximum atomic E-state index is 13.3. The Morgan fingerprint density at radius 3 is 0.806 bits per heavy atom. The number of hydrogen-bond donors (Lipinski definition) is 0. The molecule has 0 atom stereocenters. The van der Waals surface area contributed by atoms with Gasteiger partial charge in [-0.2, -0.15) is 0 Å². The highest BCUT2D eigenvalue weighted by atomic mass is 19.1. The lowest BCUT2D eigenvalue weighted by atomic mass is 9.88. The second-order valence-corrected chi connectivity index (χ2v) is 8.27. The summed E-state index contributed by atoms with van der Waals surface area (Å²) in [6, 6.07) is 18.0. The number of halogens is 3. The first kappa shape index (κ1) is 24.5. The summed E-state index contributed by atoms with van der Waals surface area (Å²) in [6.07, 6.45) is 0. The molecule has 0 radical (unpaired) electrons. The van der Waals surface area contributed by atoms with Crippen molar-refractivity contribution in [2.24, 2.45) is 0 Å². The quantitative estimate of drug-likeness (QED) is 0.236. The first-order valence-electron chi connectivity index (χ1n) is 11.3. The van der Waals surface area contributed by atoms with Crippen LogP contribution in [0.3, 0.4) is 0 Å². The van der Waals surface area contributed by atoms with Crippen molar-refractivity contribution in [2.45, 2.75) is 20.8 Å². The fraction of sp³-hybridized carbons (Fsp3) is 0.0909. The Morgan fingerprint density at radius 2 is 0.583 bits per heavy atom. The minimum absolute atomic E-state index is 0.319. The topological polar surface area (TPSA) is 0 Å². The Balaban J connectivity index is 1.88. The molecule has 0 aromatic heterocycles. The van der Waals surface area contributed by atoms with Crippen molar-refractivity contribution in [3.63, 3.8) is 0 Å². The highest BCUT2D eigenvalue weighted by Crippen LogP contribution is 2.26. The van der Waals surface area contributed by atoms with Crippen LogP contribution in [0.4, 0.5) is 13.2 Å². The third-order valence-electron chi connectivity index (χ3n) is 5.78. The number of hydrogen-bond acceptors (Lipinski definition) is 0. The van der Waals surface area contributed by atoms with Crippen molar-refractivity contribution in [2.75, 3.05) is 0 Å². The van der Waals surface area contributed by atoms with Gasteiger partial charge in [0.2, 0.25) is 0 Å². The van der Waals surface area contributed by atoms with Gasteiger partial charge in [0.05, 0.1) is 0 Å². The van der Waals surface area contributed by atoms with Gasteiger partial charge in [0, 0.05) is 33.4 Å².